The predicted octanol–water partition coefficient (Wildman–Crippen LogP) is -1.21. The van der Waals surface area contributed by atoms with Gasteiger partial charge in [0.25, 0.3) is 0 Å². The highest BCUT2D eigenvalue weighted by atomic mass is 16.2. The number of hydrogen-bond donors (Lipinski definition) is 4. The molecule has 0 saturated heterocycles. The third-order valence-corrected chi connectivity index (χ3v) is 1.66. The van der Waals surface area contributed by atoms with Gasteiger partial charge >= 0.3 is 12.1 Å². The number of nitrogens with zero attached hydrogens (tertiary/aromatic N) is 2. The van der Waals surface area contributed by atoms with Crippen LogP contribution in [0.2, 0.25) is 0 Å². The fraction of sp³-hybridized carbons (Fsp3) is 0.500. The lowest BCUT2D eigenvalue weighted by molar-refractivity contribution is 0.213. The molecule has 0 aromatic carbocycles. The van der Waals surface area contributed by atoms with Crippen LogP contribution in [0.3, 0.4) is 0 Å². The molecule has 0 unspecified atom stereocenters. The number of carbonyl (C=O) groups excluding carboxylic acids is 2. The van der Waals surface area contributed by atoms with Gasteiger partial charge in [-0.05, 0) is 6.92 Å². The Labute approximate surface area is 94.1 Å². The van der Waals surface area contributed by atoms with Gasteiger partial charge in [-0.15, -0.1) is 0 Å². The molecule has 4 amide bonds. The molecule has 0 atom stereocenters. The van der Waals surface area contributed by atoms with Gasteiger partial charge in [0.2, 0.25) is 0 Å². The first kappa shape index (κ1) is 14.0. The summed E-state index contributed by atoms with van der Waals surface area (Å²) in [6.07, 6.45) is 0. The molecule has 0 heterocycles. The van der Waals surface area contributed by atoms with Crippen molar-refractivity contribution < 1.29 is 9.59 Å². The molecule has 0 fully saturated rings. The van der Waals surface area contributed by atoms with Crippen LogP contribution in [0.15, 0.2) is 4.99 Å². The first-order valence-corrected chi connectivity index (χ1v) is 4.68. The smallest absolute Gasteiger partial charge is 0.341 e. The predicted molar refractivity (Wildman–Crippen MR) is 60.3 cm³/mol. The van der Waals surface area contributed by atoms with E-state index in [9.17, 15) is 9.59 Å². The van der Waals surface area contributed by atoms with Crippen molar-refractivity contribution in [2.45, 2.75) is 6.92 Å². The zero-order chi connectivity index (χ0) is 12.6. The third-order valence-electron chi connectivity index (χ3n) is 1.66. The summed E-state index contributed by atoms with van der Waals surface area (Å²) in [5, 5.41) is 5.08. The zero-order valence-electron chi connectivity index (χ0n) is 9.36. The summed E-state index contributed by atoms with van der Waals surface area (Å²) in [5.74, 6) is -0.0955. The maximum Gasteiger partial charge on any atom is 0.341 e. The largest absolute Gasteiger partial charge is 0.370 e. The molecular weight excluding hydrogens is 212 g/mol. The summed E-state index contributed by atoms with van der Waals surface area (Å²) < 4.78 is 0. The van der Waals surface area contributed by atoms with Crippen LogP contribution < -0.4 is 22.1 Å². The van der Waals surface area contributed by atoms with Crippen LogP contribution in [0, 0.1) is 6.54 Å². The van der Waals surface area contributed by atoms with E-state index in [0.717, 1.165) is 0 Å². The van der Waals surface area contributed by atoms with Crippen molar-refractivity contribution in [3.05, 3.63) is 6.54 Å². The Morgan fingerprint density at radius 2 is 2.06 bits per heavy atom. The Kier molecular flexibility index (Phi) is 6.41. The van der Waals surface area contributed by atoms with Crippen LogP contribution in [0.5, 0.6) is 0 Å². The molecule has 0 aliphatic rings. The second kappa shape index (κ2) is 7.32. The summed E-state index contributed by atoms with van der Waals surface area (Å²) in [5.41, 5.74) is 10.0. The number of carbonyl (C=O) groups is 2. The van der Waals surface area contributed by atoms with Crippen molar-refractivity contribution in [2.75, 3.05) is 20.1 Å². The first-order chi connectivity index (χ1) is 7.47. The highest BCUT2D eigenvalue weighted by Crippen LogP contribution is 1.82. The van der Waals surface area contributed by atoms with Gasteiger partial charge in [0.15, 0.2) is 5.96 Å². The second-order valence-electron chi connectivity index (χ2n) is 2.88. The first-order valence-electron chi connectivity index (χ1n) is 4.68. The van der Waals surface area contributed by atoms with Crippen LogP contribution in [0.25, 0.3) is 0 Å². The standard InChI is InChI=1S/C8H17N6O2/c1-3-14(2)8(16)12-5-4-11-6(9)13-7(10)15/h5H,3-4H2,1-2H3,(H,12,16)(H5,9,10,11,13,15). The molecule has 8 nitrogen and oxygen atoms in total. The molecule has 6 N–H and O–H groups in total. The van der Waals surface area contributed by atoms with E-state index in [1.807, 2.05) is 6.92 Å². The normalized spacial score (nSPS) is 10.8. The summed E-state index contributed by atoms with van der Waals surface area (Å²) in [7, 11) is 1.67. The maximum atomic E-state index is 11.2. The van der Waals surface area contributed by atoms with Gasteiger partial charge in [-0.2, -0.15) is 4.99 Å². The van der Waals surface area contributed by atoms with Crippen LogP contribution in [0.1, 0.15) is 6.92 Å². The van der Waals surface area contributed by atoms with E-state index in [4.69, 9.17) is 11.5 Å². The van der Waals surface area contributed by atoms with Crippen molar-refractivity contribution in [2.24, 2.45) is 16.5 Å². The quantitative estimate of drug-likeness (QED) is 0.274. The van der Waals surface area contributed by atoms with Crippen LogP contribution >= 0.6 is 0 Å². The number of primary amides is 1. The van der Waals surface area contributed by atoms with Crippen LogP contribution in [-0.4, -0.2) is 43.1 Å². The molecule has 0 aromatic heterocycles. The van der Waals surface area contributed by atoms with Gasteiger partial charge in [-0.1, -0.05) is 0 Å². The molecule has 0 aromatic rings. The molecule has 0 bridgehead atoms. The van der Waals surface area contributed by atoms with E-state index in [1.165, 1.54) is 11.4 Å². The fourth-order valence-corrected chi connectivity index (χ4v) is 0.706. The number of nitrogens with one attached hydrogen (secondary N) is 2. The fourth-order valence-electron chi connectivity index (χ4n) is 0.706. The van der Waals surface area contributed by atoms with Crippen LogP contribution in [-0.2, 0) is 0 Å². The lowest BCUT2D eigenvalue weighted by Gasteiger charge is -2.15. The van der Waals surface area contributed by atoms with Crippen molar-refractivity contribution in [1.82, 2.24) is 15.5 Å². The average molecular weight is 229 g/mol. The minimum Gasteiger partial charge on any atom is -0.370 e. The van der Waals surface area contributed by atoms with E-state index in [-0.39, 0.29) is 18.5 Å². The summed E-state index contributed by atoms with van der Waals surface area (Å²) in [6.45, 7) is 4.16. The molecule has 0 rings (SSSR count). The molecule has 1 radical (unpaired) electrons. The summed E-state index contributed by atoms with van der Waals surface area (Å²) in [6, 6.07) is -1.10. The average Bonchev–Trinajstić information content (AvgIpc) is 2.21. The van der Waals surface area contributed by atoms with Gasteiger partial charge in [-0.25, -0.2) is 9.59 Å². The number of hydrogen-bond acceptors (Lipinski definition) is 2. The van der Waals surface area contributed by atoms with Gasteiger partial charge < -0.3 is 27.0 Å². The molecule has 91 valence electrons. The number of urea groups is 2. The third kappa shape index (κ3) is 6.46. The molecule has 0 aliphatic carbocycles. The summed E-state index contributed by atoms with van der Waals surface area (Å²) in [4.78, 5) is 26.2. The highest BCUT2D eigenvalue weighted by Gasteiger charge is 2.04. The van der Waals surface area contributed by atoms with Crippen molar-refractivity contribution in [3.63, 3.8) is 0 Å². The minimum absolute atomic E-state index is 0.0955. The van der Waals surface area contributed by atoms with Gasteiger partial charge in [0, 0.05) is 20.1 Å². The number of guanidine groups is 1. The maximum absolute atomic E-state index is 11.2. The van der Waals surface area contributed by atoms with Crippen molar-refractivity contribution in [3.8, 4) is 0 Å². The number of aliphatic imine (C=N–C) groups is 1. The Morgan fingerprint density at radius 1 is 1.44 bits per heavy atom. The van der Waals surface area contributed by atoms with Gasteiger partial charge in [0.1, 0.15) is 0 Å². The minimum atomic E-state index is -0.875. The second-order valence-corrected chi connectivity index (χ2v) is 2.88. The van der Waals surface area contributed by atoms with Gasteiger partial charge in [-0.3, -0.25) is 0 Å². The van der Waals surface area contributed by atoms with E-state index >= 15 is 0 Å². The Bertz CT molecular complexity index is 278. The van der Waals surface area contributed by atoms with Crippen molar-refractivity contribution in [1.29, 1.82) is 0 Å². The number of rotatable bonds is 4. The molecule has 0 saturated carbocycles. The molecule has 0 aliphatic heterocycles. The summed E-state index contributed by atoms with van der Waals surface area (Å²) >= 11 is 0. The van der Waals surface area contributed by atoms with E-state index in [2.05, 4.69) is 15.6 Å². The van der Waals surface area contributed by atoms with E-state index in [1.54, 1.807) is 7.05 Å². The Morgan fingerprint density at radius 3 is 2.56 bits per heavy atom. The Balaban J connectivity index is 3.69. The molecule has 16 heavy (non-hydrogen) atoms. The zero-order valence-corrected chi connectivity index (χ0v) is 9.36. The molecule has 8 heteroatoms. The lowest BCUT2D eigenvalue weighted by atomic mass is 10.6. The Hall–Kier alpha value is -1.99. The monoisotopic (exact) mass is 229 g/mol. The van der Waals surface area contributed by atoms with Crippen LogP contribution in [0.4, 0.5) is 9.59 Å². The van der Waals surface area contributed by atoms with Crippen molar-refractivity contribution >= 4 is 18.0 Å². The van der Waals surface area contributed by atoms with E-state index < -0.39 is 6.03 Å². The number of amides is 4. The topological polar surface area (TPSA) is 126 Å². The molecular formula is C8H17N6O2. The highest BCUT2D eigenvalue weighted by molar-refractivity contribution is 5.90. The lowest BCUT2D eigenvalue weighted by Crippen LogP contribution is -2.40. The SMILES string of the molecule is CCN(C)C(=O)N[CH]CNC(N)=NC(N)=O. The molecule has 0 spiro atoms. The number of nitrogens with two attached hydrogens (primary N) is 2. The van der Waals surface area contributed by atoms with E-state index in [0.29, 0.717) is 6.54 Å². The van der Waals surface area contributed by atoms with Gasteiger partial charge in [0.05, 0.1) is 6.54 Å².